The molecule has 0 fully saturated rings. The quantitative estimate of drug-likeness (QED) is 0.935. The van der Waals surface area contributed by atoms with Gasteiger partial charge in [-0.25, -0.2) is 0 Å². The molecule has 0 saturated carbocycles. The van der Waals surface area contributed by atoms with Gasteiger partial charge >= 0.3 is 0 Å². The van der Waals surface area contributed by atoms with Crippen LogP contribution in [0.4, 0.5) is 0 Å². The zero-order valence-electron chi connectivity index (χ0n) is 11.5. The first-order valence-electron chi connectivity index (χ1n) is 6.40. The molecule has 0 amide bonds. The van der Waals surface area contributed by atoms with Gasteiger partial charge in [-0.1, -0.05) is 18.5 Å². The molecule has 1 atom stereocenters. The van der Waals surface area contributed by atoms with Crippen LogP contribution < -0.4 is 5.73 Å². The van der Waals surface area contributed by atoms with E-state index in [4.69, 9.17) is 17.3 Å². The van der Waals surface area contributed by atoms with Crippen molar-refractivity contribution in [1.29, 1.82) is 0 Å². The van der Waals surface area contributed by atoms with Crippen LogP contribution >= 0.6 is 11.6 Å². The lowest BCUT2D eigenvalue weighted by molar-refractivity contribution is 0.635. The number of pyridine rings is 1. The summed E-state index contributed by atoms with van der Waals surface area (Å²) in [6.45, 7) is 4.01. The van der Waals surface area contributed by atoms with E-state index in [0.717, 1.165) is 23.4 Å². The molecule has 2 heterocycles. The summed E-state index contributed by atoms with van der Waals surface area (Å²) in [5.74, 6) is 0. The van der Waals surface area contributed by atoms with Gasteiger partial charge in [0.05, 0.1) is 16.4 Å². The molecule has 0 spiro atoms. The predicted molar refractivity (Wildman–Crippen MR) is 77.2 cm³/mol. The minimum Gasteiger partial charge on any atom is -0.324 e. The molecule has 0 radical (unpaired) electrons. The van der Waals surface area contributed by atoms with Gasteiger partial charge in [0.1, 0.15) is 0 Å². The highest BCUT2D eigenvalue weighted by Gasteiger charge is 2.17. The maximum atomic E-state index is 6.32. The summed E-state index contributed by atoms with van der Waals surface area (Å²) in [6, 6.07) is 1.89. The van der Waals surface area contributed by atoms with E-state index in [9.17, 15) is 0 Å². The van der Waals surface area contributed by atoms with E-state index in [-0.39, 0.29) is 6.04 Å². The molecular formula is C14H19ClN4. The molecular weight excluding hydrogens is 260 g/mol. The highest BCUT2D eigenvalue weighted by atomic mass is 35.5. The predicted octanol–water partition coefficient (Wildman–Crippen LogP) is 2.58. The molecule has 0 aliphatic heterocycles. The van der Waals surface area contributed by atoms with Gasteiger partial charge in [0.25, 0.3) is 0 Å². The summed E-state index contributed by atoms with van der Waals surface area (Å²) >= 11 is 6.27. The fourth-order valence-corrected chi connectivity index (χ4v) is 2.55. The molecule has 2 rings (SSSR count). The summed E-state index contributed by atoms with van der Waals surface area (Å²) < 4.78 is 1.81. The van der Waals surface area contributed by atoms with Crippen LogP contribution in [-0.2, 0) is 19.9 Å². The second-order valence-corrected chi connectivity index (χ2v) is 5.09. The summed E-state index contributed by atoms with van der Waals surface area (Å²) in [6.07, 6.45) is 5.26. The van der Waals surface area contributed by atoms with Crippen molar-refractivity contribution in [2.45, 2.75) is 32.7 Å². The molecule has 19 heavy (non-hydrogen) atoms. The van der Waals surface area contributed by atoms with Gasteiger partial charge in [0.2, 0.25) is 0 Å². The van der Waals surface area contributed by atoms with Gasteiger partial charge in [-0.3, -0.25) is 9.67 Å². The van der Waals surface area contributed by atoms with Crippen molar-refractivity contribution in [3.05, 3.63) is 46.0 Å². The van der Waals surface area contributed by atoms with Crippen molar-refractivity contribution >= 4 is 11.6 Å². The molecule has 102 valence electrons. The highest BCUT2D eigenvalue weighted by Crippen LogP contribution is 2.25. The van der Waals surface area contributed by atoms with Gasteiger partial charge in [0.15, 0.2) is 0 Å². The average molecular weight is 279 g/mol. The molecule has 2 aromatic rings. The number of aromatic nitrogens is 3. The van der Waals surface area contributed by atoms with Crippen LogP contribution in [0.25, 0.3) is 0 Å². The molecule has 2 N–H and O–H groups in total. The van der Waals surface area contributed by atoms with Gasteiger partial charge in [-0.2, -0.15) is 5.10 Å². The molecule has 4 nitrogen and oxygen atoms in total. The topological polar surface area (TPSA) is 56.7 Å². The van der Waals surface area contributed by atoms with E-state index < -0.39 is 0 Å². The molecule has 0 bridgehead atoms. The fraction of sp³-hybridized carbons (Fsp3) is 0.429. The van der Waals surface area contributed by atoms with E-state index in [1.54, 1.807) is 6.20 Å². The monoisotopic (exact) mass is 278 g/mol. The highest BCUT2D eigenvalue weighted by molar-refractivity contribution is 6.31. The maximum Gasteiger partial charge on any atom is 0.0847 e. The fourth-order valence-electron chi connectivity index (χ4n) is 2.32. The number of aryl methyl sites for hydroxylation is 3. The molecule has 1 unspecified atom stereocenters. The van der Waals surface area contributed by atoms with E-state index in [1.807, 2.05) is 30.9 Å². The standard InChI is InChI=1S/C14H19ClN4/c1-4-10-8-17-6-5-11(10)12(16)7-13-14(15)9(2)18-19(13)3/h5-6,8,12H,4,7,16H2,1-3H3. The average Bonchev–Trinajstić information content (AvgIpc) is 2.65. The van der Waals surface area contributed by atoms with Crippen molar-refractivity contribution in [2.24, 2.45) is 12.8 Å². The van der Waals surface area contributed by atoms with Crippen LogP contribution in [0.1, 0.15) is 35.5 Å². The van der Waals surface area contributed by atoms with Gasteiger partial charge in [0, 0.05) is 31.9 Å². The third-order valence-corrected chi connectivity index (χ3v) is 3.89. The number of nitrogens with zero attached hydrogens (tertiary/aromatic N) is 3. The second-order valence-electron chi connectivity index (χ2n) is 4.71. The van der Waals surface area contributed by atoms with E-state index in [1.165, 1.54) is 5.56 Å². The van der Waals surface area contributed by atoms with Crippen LogP contribution in [0.2, 0.25) is 5.02 Å². The Morgan fingerprint density at radius 3 is 2.79 bits per heavy atom. The normalized spacial score (nSPS) is 12.7. The third-order valence-electron chi connectivity index (χ3n) is 3.40. The first kappa shape index (κ1) is 14.0. The number of rotatable bonds is 4. The summed E-state index contributed by atoms with van der Waals surface area (Å²) in [5.41, 5.74) is 10.5. The van der Waals surface area contributed by atoms with Crippen LogP contribution in [0.3, 0.4) is 0 Å². The van der Waals surface area contributed by atoms with Crippen LogP contribution in [0.15, 0.2) is 18.5 Å². The molecule has 2 aromatic heterocycles. The zero-order valence-corrected chi connectivity index (χ0v) is 12.3. The lowest BCUT2D eigenvalue weighted by atomic mass is 9.98. The number of hydrogen-bond donors (Lipinski definition) is 1. The lowest BCUT2D eigenvalue weighted by Gasteiger charge is -2.15. The van der Waals surface area contributed by atoms with Crippen LogP contribution in [-0.4, -0.2) is 14.8 Å². The van der Waals surface area contributed by atoms with Gasteiger partial charge < -0.3 is 5.73 Å². The van der Waals surface area contributed by atoms with Crippen molar-refractivity contribution in [3.63, 3.8) is 0 Å². The van der Waals surface area contributed by atoms with Crippen molar-refractivity contribution in [1.82, 2.24) is 14.8 Å². The third kappa shape index (κ3) is 2.80. The molecule has 5 heteroatoms. The number of hydrogen-bond acceptors (Lipinski definition) is 3. The van der Waals surface area contributed by atoms with Gasteiger partial charge in [-0.15, -0.1) is 0 Å². The first-order valence-corrected chi connectivity index (χ1v) is 6.78. The Hall–Kier alpha value is -1.39. The smallest absolute Gasteiger partial charge is 0.0847 e. The lowest BCUT2D eigenvalue weighted by Crippen LogP contribution is -2.17. The Morgan fingerprint density at radius 1 is 1.47 bits per heavy atom. The van der Waals surface area contributed by atoms with Crippen molar-refractivity contribution < 1.29 is 0 Å². The molecule has 0 aliphatic carbocycles. The Morgan fingerprint density at radius 2 is 2.21 bits per heavy atom. The molecule has 0 aliphatic rings. The Labute approximate surface area is 118 Å². The van der Waals surface area contributed by atoms with Crippen LogP contribution in [0.5, 0.6) is 0 Å². The van der Waals surface area contributed by atoms with Crippen molar-refractivity contribution in [3.8, 4) is 0 Å². The summed E-state index contributed by atoms with van der Waals surface area (Å²) in [5, 5.41) is 5.03. The summed E-state index contributed by atoms with van der Waals surface area (Å²) in [7, 11) is 1.90. The Balaban J connectivity index is 2.28. The minimum absolute atomic E-state index is 0.0924. The number of halogens is 1. The number of nitrogens with two attached hydrogens (primary N) is 1. The Bertz CT molecular complexity index is 577. The van der Waals surface area contributed by atoms with E-state index in [2.05, 4.69) is 17.0 Å². The van der Waals surface area contributed by atoms with E-state index >= 15 is 0 Å². The SMILES string of the molecule is CCc1cnccc1C(N)Cc1c(Cl)c(C)nn1C. The molecule has 0 aromatic carbocycles. The van der Waals surface area contributed by atoms with Crippen molar-refractivity contribution in [2.75, 3.05) is 0 Å². The van der Waals surface area contributed by atoms with E-state index in [0.29, 0.717) is 11.4 Å². The van der Waals surface area contributed by atoms with Gasteiger partial charge in [-0.05, 0) is 30.5 Å². The zero-order chi connectivity index (χ0) is 14.0. The largest absolute Gasteiger partial charge is 0.324 e. The van der Waals surface area contributed by atoms with Crippen LogP contribution in [0, 0.1) is 6.92 Å². The molecule has 0 saturated heterocycles. The first-order chi connectivity index (χ1) is 9.04. The minimum atomic E-state index is -0.0924. The second kappa shape index (κ2) is 5.72. The maximum absolute atomic E-state index is 6.32. The Kier molecular flexibility index (Phi) is 4.22. The summed E-state index contributed by atoms with van der Waals surface area (Å²) in [4.78, 5) is 4.15.